The van der Waals surface area contributed by atoms with Crippen LogP contribution in [0.25, 0.3) is 0 Å². The Morgan fingerprint density at radius 1 is 1.39 bits per heavy atom. The van der Waals surface area contributed by atoms with Crippen molar-refractivity contribution in [3.05, 3.63) is 35.7 Å². The van der Waals surface area contributed by atoms with Gasteiger partial charge in [0.25, 0.3) is 0 Å². The molecule has 2 N–H and O–H groups in total. The van der Waals surface area contributed by atoms with Crippen molar-refractivity contribution in [1.82, 2.24) is 14.8 Å². The lowest BCUT2D eigenvalue weighted by atomic mass is 10.2. The minimum atomic E-state index is -0.607. The van der Waals surface area contributed by atoms with E-state index in [-0.39, 0.29) is 5.91 Å². The molecule has 7 nitrogen and oxygen atoms in total. The van der Waals surface area contributed by atoms with Crippen LogP contribution >= 0.6 is 11.3 Å². The van der Waals surface area contributed by atoms with Gasteiger partial charge >= 0.3 is 0 Å². The summed E-state index contributed by atoms with van der Waals surface area (Å²) in [7, 11) is 0. The number of rotatable bonds is 6. The highest BCUT2D eigenvalue weighted by Gasteiger charge is 2.22. The van der Waals surface area contributed by atoms with Gasteiger partial charge in [0.15, 0.2) is 5.13 Å². The first kappa shape index (κ1) is 16.1. The Hall–Kier alpha value is -1.74. The molecule has 124 valence electrons. The normalized spacial score (nSPS) is 18.0. The third-order valence-electron chi connectivity index (χ3n) is 3.81. The summed E-state index contributed by atoms with van der Waals surface area (Å²) in [5, 5.41) is 15.4. The number of nitrogens with one attached hydrogen (secondary N) is 1. The molecular weight excluding hydrogens is 316 g/mol. The van der Waals surface area contributed by atoms with Gasteiger partial charge in [-0.15, -0.1) is 11.3 Å². The van der Waals surface area contributed by atoms with Gasteiger partial charge in [-0.25, -0.2) is 4.98 Å². The van der Waals surface area contributed by atoms with Crippen LogP contribution in [0.2, 0.25) is 0 Å². The third kappa shape index (κ3) is 4.61. The monoisotopic (exact) mass is 336 g/mol. The Morgan fingerprint density at radius 3 is 2.83 bits per heavy atom. The zero-order valence-electron chi connectivity index (χ0n) is 12.7. The summed E-state index contributed by atoms with van der Waals surface area (Å²) in [4.78, 5) is 20.3. The van der Waals surface area contributed by atoms with Crippen LogP contribution in [0.15, 0.2) is 34.4 Å². The molecule has 1 atom stereocenters. The lowest BCUT2D eigenvalue weighted by Crippen LogP contribution is -2.49. The zero-order chi connectivity index (χ0) is 16.1. The number of aliphatic hydroxyl groups excluding tert-OH is 1. The number of furan rings is 1. The lowest BCUT2D eigenvalue weighted by Gasteiger charge is -2.34. The molecule has 0 radical (unpaired) electrons. The molecule has 23 heavy (non-hydrogen) atoms. The minimum absolute atomic E-state index is 0.0379. The van der Waals surface area contributed by atoms with Crippen molar-refractivity contribution < 1.29 is 14.3 Å². The van der Waals surface area contributed by atoms with Crippen molar-refractivity contribution in [2.45, 2.75) is 6.10 Å². The summed E-state index contributed by atoms with van der Waals surface area (Å²) in [6.45, 7) is 4.16. The smallest absolute Gasteiger partial charge is 0.240 e. The Bertz CT molecular complexity index is 594. The molecule has 1 amide bonds. The second-order valence-corrected chi connectivity index (χ2v) is 6.39. The number of carbonyl (C=O) groups excluding carboxylic acids is 1. The molecule has 0 aromatic carbocycles. The molecule has 0 saturated carbocycles. The van der Waals surface area contributed by atoms with Crippen LogP contribution in [-0.4, -0.2) is 65.1 Å². The number of aliphatic hydroxyl groups is 1. The van der Waals surface area contributed by atoms with E-state index in [1.54, 1.807) is 24.6 Å². The van der Waals surface area contributed by atoms with Crippen molar-refractivity contribution >= 4 is 22.4 Å². The number of hydrogen-bond donors (Lipinski definition) is 2. The summed E-state index contributed by atoms with van der Waals surface area (Å²) in [5.41, 5.74) is 0. The molecule has 1 saturated heterocycles. The van der Waals surface area contributed by atoms with Crippen LogP contribution in [0.5, 0.6) is 0 Å². The second kappa shape index (κ2) is 7.69. The summed E-state index contributed by atoms with van der Waals surface area (Å²) >= 11 is 1.41. The second-order valence-electron chi connectivity index (χ2n) is 5.49. The van der Waals surface area contributed by atoms with E-state index in [1.165, 1.54) is 11.3 Å². The summed E-state index contributed by atoms with van der Waals surface area (Å²) < 4.78 is 5.22. The average Bonchev–Trinajstić information content (AvgIpc) is 3.22. The predicted octanol–water partition coefficient (Wildman–Crippen LogP) is 1.03. The number of thiazole rings is 1. The Kier molecular flexibility index (Phi) is 5.39. The van der Waals surface area contributed by atoms with E-state index in [0.717, 1.165) is 26.2 Å². The molecule has 8 heteroatoms. The quantitative estimate of drug-likeness (QED) is 0.820. The first-order valence-corrected chi connectivity index (χ1v) is 8.44. The van der Waals surface area contributed by atoms with Gasteiger partial charge < -0.3 is 14.8 Å². The Morgan fingerprint density at radius 2 is 2.17 bits per heavy atom. The van der Waals surface area contributed by atoms with Crippen molar-refractivity contribution in [2.24, 2.45) is 0 Å². The summed E-state index contributed by atoms with van der Waals surface area (Å²) in [6.07, 6.45) is 2.63. The molecule has 3 rings (SSSR count). The number of hydrogen-bond acceptors (Lipinski definition) is 7. The molecule has 2 aromatic rings. The number of piperazine rings is 1. The zero-order valence-corrected chi connectivity index (χ0v) is 13.5. The van der Waals surface area contributed by atoms with Crippen LogP contribution < -0.4 is 5.32 Å². The Balaban J connectivity index is 1.39. The van der Waals surface area contributed by atoms with Gasteiger partial charge in [0.2, 0.25) is 5.91 Å². The van der Waals surface area contributed by atoms with E-state index in [2.05, 4.69) is 20.1 Å². The van der Waals surface area contributed by atoms with Crippen LogP contribution in [0, 0.1) is 0 Å². The third-order valence-corrected chi connectivity index (χ3v) is 4.50. The van der Waals surface area contributed by atoms with Crippen molar-refractivity contribution in [3.63, 3.8) is 0 Å². The van der Waals surface area contributed by atoms with Gasteiger partial charge in [-0.05, 0) is 12.1 Å². The molecule has 2 aromatic heterocycles. The van der Waals surface area contributed by atoms with Gasteiger partial charge in [-0.1, -0.05) is 0 Å². The molecule has 1 unspecified atom stereocenters. The van der Waals surface area contributed by atoms with E-state index in [9.17, 15) is 9.90 Å². The lowest BCUT2D eigenvalue weighted by molar-refractivity contribution is -0.117. The van der Waals surface area contributed by atoms with E-state index in [4.69, 9.17) is 4.42 Å². The van der Waals surface area contributed by atoms with Crippen molar-refractivity contribution in [3.8, 4) is 0 Å². The fraction of sp³-hybridized carbons (Fsp3) is 0.467. The van der Waals surface area contributed by atoms with E-state index < -0.39 is 6.10 Å². The maximum absolute atomic E-state index is 11.9. The number of anilines is 1. The van der Waals surface area contributed by atoms with Gasteiger partial charge in [-0.3, -0.25) is 14.6 Å². The molecular formula is C15H20N4O3S. The van der Waals surface area contributed by atoms with Crippen LogP contribution in [0.4, 0.5) is 5.13 Å². The molecule has 1 aliphatic rings. The van der Waals surface area contributed by atoms with Gasteiger partial charge in [0.1, 0.15) is 11.9 Å². The first-order valence-electron chi connectivity index (χ1n) is 7.56. The fourth-order valence-electron chi connectivity index (χ4n) is 2.59. The van der Waals surface area contributed by atoms with Crippen LogP contribution in [0.1, 0.15) is 11.9 Å². The number of amides is 1. The van der Waals surface area contributed by atoms with E-state index in [1.807, 2.05) is 5.38 Å². The van der Waals surface area contributed by atoms with Crippen LogP contribution in [0.3, 0.4) is 0 Å². The maximum Gasteiger partial charge on any atom is 0.240 e. The fourth-order valence-corrected chi connectivity index (χ4v) is 3.14. The maximum atomic E-state index is 11.9. The van der Waals surface area contributed by atoms with Gasteiger partial charge in [0, 0.05) is 44.3 Å². The number of nitrogens with zero attached hydrogens (tertiary/aromatic N) is 3. The van der Waals surface area contributed by atoms with E-state index in [0.29, 0.717) is 24.0 Å². The molecule has 1 aliphatic heterocycles. The van der Waals surface area contributed by atoms with Crippen molar-refractivity contribution in [1.29, 1.82) is 0 Å². The highest BCUT2D eigenvalue weighted by Crippen LogP contribution is 2.16. The van der Waals surface area contributed by atoms with E-state index >= 15 is 0 Å². The van der Waals surface area contributed by atoms with Gasteiger partial charge in [0.05, 0.1) is 12.8 Å². The molecule has 3 heterocycles. The largest absolute Gasteiger partial charge is 0.467 e. The average molecular weight is 336 g/mol. The first-order chi connectivity index (χ1) is 11.2. The summed E-state index contributed by atoms with van der Waals surface area (Å²) in [6, 6.07) is 3.56. The molecule has 0 bridgehead atoms. The number of β-amino-alcohol motifs (C(OH)–C–C–N with tert-alkyl or cyclic N) is 1. The highest BCUT2D eigenvalue weighted by atomic mass is 32.1. The molecule has 0 spiro atoms. The topological polar surface area (TPSA) is 81.8 Å². The minimum Gasteiger partial charge on any atom is -0.467 e. The van der Waals surface area contributed by atoms with Crippen molar-refractivity contribution in [2.75, 3.05) is 44.6 Å². The molecule has 0 aliphatic carbocycles. The predicted molar refractivity (Wildman–Crippen MR) is 87.3 cm³/mol. The highest BCUT2D eigenvalue weighted by molar-refractivity contribution is 7.13. The SMILES string of the molecule is O=C(CN1CCN(CC(O)c2ccco2)CC1)Nc1nccs1. The standard InChI is InChI=1S/C15H20N4O3S/c20-12(13-2-1-8-22-13)10-18-4-6-19(7-5-18)11-14(21)17-15-16-3-9-23-15/h1-3,8-9,12,20H,4-7,10-11H2,(H,16,17,21). The molecule has 1 fully saturated rings. The summed E-state index contributed by atoms with van der Waals surface area (Å²) in [5.74, 6) is 0.555. The van der Waals surface area contributed by atoms with Gasteiger partial charge in [-0.2, -0.15) is 0 Å². The van der Waals surface area contributed by atoms with Crippen LogP contribution in [-0.2, 0) is 4.79 Å². The Labute approximate surface area is 138 Å². The number of carbonyl (C=O) groups is 1. The number of aromatic nitrogens is 1.